The first-order valence-electron chi connectivity index (χ1n) is 5.79. The van der Waals surface area contributed by atoms with Gasteiger partial charge in [-0.3, -0.25) is 4.79 Å². The number of carbonyl (C=O) groups is 1. The van der Waals surface area contributed by atoms with E-state index >= 15 is 0 Å². The Morgan fingerprint density at radius 1 is 1.42 bits per heavy atom. The summed E-state index contributed by atoms with van der Waals surface area (Å²) in [4.78, 5) is 13.4. The van der Waals surface area contributed by atoms with Gasteiger partial charge in [-0.15, -0.1) is 0 Å². The van der Waals surface area contributed by atoms with Crippen LogP contribution in [-0.2, 0) is 14.8 Å². The molecule has 0 spiro atoms. The van der Waals surface area contributed by atoms with Gasteiger partial charge in [-0.1, -0.05) is 0 Å². The maximum Gasteiger partial charge on any atom is 0.228 e. The molecule has 0 aromatic heterocycles. The van der Waals surface area contributed by atoms with E-state index in [1.807, 2.05) is 6.92 Å². The fourth-order valence-corrected chi connectivity index (χ4v) is 2.92. The predicted molar refractivity (Wildman–Crippen MR) is 71.6 cm³/mol. The number of nitrogens with zero attached hydrogens (tertiary/aromatic N) is 1. The van der Waals surface area contributed by atoms with Crippen molar-refractivity contribution in [3.05, 3.63) is 23.8 Å². The number of sulfonamides is 1. The molecule has 19 heavy (non-hydrogen) atoms. The van der Waals surface area contributed by atoms with E-state index in [0.29, 0.717) is 11.4 Å². The molecule has 1 aliphatic rings. The molecule has 1 amide bonds. The van der Waals surface area contributed by atoms with Crippen molar-refractivity contribution < 1.29 is 17.9 Å². The second kappa shape index (κ2) is 4.82. The number of hydrogen-bond donors (Lipinski definition) is 1. The molecule has 2 rings (SSSR count). The molecule has 1 atom stereocenters. The van der Waals surface area contributed by atoms with Gasteiger partial charge in [0.05, 0.1) is 7.11 Å². The monoisotopic (exact) mass is 284 g/mol. The number of benzene rings is 1. The maximum atomic E-state index is 11.9. The summed E-state index contributed by atoms with van der Waals surface area (Å²) in [5, 5.41) is 4.27. The van der Waals surface area contributed by atoms with E-state index in [0.717, 1.165) is 5.56 Å². The molecule has 2 N–H and O–H groups in total. The molecule has 1 unspecified atom stereocenters. The van der Waals surface area contributed by atoms with Crippen LogP contribution in [0.5, 0.6) is 5.75 Å². The number of aryl methyl sites for hydroxylation is 1. The molecular formula is C12H16N2O4S. The molecule has 1 saturated heterocycles. The molecule has 1 aliphatic heterocycles. The Bertz CT molecular complexity index is 612. The van der Waals surface area contributed by atoms with Gasteiger partial charge in [-0.2, -0.15) is 0 Å². The Morgan fingerprint density at radius 2 is 2.11 bits per heavy atom. The molecule has 0 radical (unpaired) electrons. The van der Waals surface area contributed by atoms with Crippen molar-refractivity contribution in [3.8, 4) is 5.75 Å². The van der Waals surface area contributed by atoms with Crippen LogP contribution in [0, 0.1) is 6.92 Å². The molecule has 1 aromatic carbocycles. The highest BCUT2D eigenvalue weighted by molar-refractivity contribution is 7.89. The van der Waals surface area contributed by atoms with Crippen molar-refractivity contribution in [2.24, 2.45) is 5.14 Å². The number of carbonyl (C=O) groups excluding carboxylic acids is 1. The van der Waals surface area contributed by atoms with E-state index in [-0.39, 0.29) is 18.9 Å². The van der Waals surface area contributed by atoms with Gasteiger partial charge in [0.1, 0.15) is 11.0 Å². The van der Waals surface area contributed by atoms with Crippen molar-refractivity contribution in [1.82, 2.24) is 0 Å². The quantitative estimate of drug-likeness (QED) is 0.869. The summed E-state index contributed by atoms with van der Waals surface area (Å²) in [6.45, 7) is 1.94. The first-order valence-corrected chi connectivity index (χ1v) is 7.40. The molecule has 0 saturated carbocycles. The summed E-state index contributed by atoms with van der Waals surface area (Å²) in [5.74, 6) is 0.461. The molecule has 104 valence electrons. The van der Waals surface area contributed by atoms with Gasteiger partial charge in [0.15, 0.2) is 0 Å². The smallest absolute Gasteiger partial charge is 0.228 e. The second-order valence-corrected chi connectivity index (χ2v) is 6.42. The van der Waals surface area contributed by atoms with E-state index < -0.39 is 15.3 Å². The van der Waals surface area contributed by atoms with Crippen molar-refractivity contribution in [2.75, 3.05) is 18.6 Å². The molecule has 0 aliphatic carbocycles. The fraction of sp³-hybridized carbons (Fsp3) is 0.417. The third-order valence-corrected chi connectivity index (χ3v) is 4.49. The molecule has 1 heterocycles. The summed E-state index contributed by atoms with van der Waals surface area (Å²) >= 11 is 0. The Hall–Kier alpha value is -1.60. The van der Waals surface area contributed by atoms with Gasteiger partial charge in [-0.25, -0.2) is 13.6 Å². The van der Waals surface area contributed by atoms with Crippen LogP contribution >= 0.6 is 0 Å². The molecule has 7 heteroatoms. The average molecular weight is 284 g/mol. The lowest BCUT2D eigenvalue weighted by atomic mass is 10.1. The topological polar surface area (TPSA) is 89.7 Å². The Labute approximate surface area is 112 Å². The molecular weight excluding hydrogens is 268 g/mol. The standard InChI is InChI=1S/C12H16N2O4S/c1-8-5-9(18-2)3-4-11(8)14-7-10(6-12(14)15)19(13,16)17/h3-5,10H,6-7H2,1-2H3,(H2,13,16,17). The summed E-state index contributed by atoms with van der Waals surface area (Å²) in [7, 11) is -2.13. The summed E-state index contributed by atoms with van der Waals surface area (Å²) in [5.41, 5.74) is 1.54. The van der Waals surface area contributed by atoms with Crippen LogP contribution < -0.4 is 14.8 Å². The highest BCUT2D eigenvalue weighted by Gasteiger charge is 2.37. The number of rotatable bonds is 3. The number of primary sulfonamides is 1. The Morgan fingerprint density at radius 3 is 2.58 bits per heavy atom. The number of ether oxygens (including phenoxy) is 1. The van der Waals surface area contributed by atoms with Crippen LogP contribution in [0.15, 0.2) is 18.2 Å². The zero-order valence-corrected chi connectivity index (χ0v) is 11.6. The van der Waals surface area contributed by atoms with Gasteiger partial charge < -0.3 is 9.64 Å². The zero-order chi connectivity index (χ0) is 14.2. The van der Waals surface area contributed by atoms with Crippen LogP contribution in [0.25, 0.3) is 0 Å². The second-order valence-electron chi connectivity index (χ2n) is 4.57. The van der Waals surface area contributed by atoms with Crippen LogP contribution in [-0.4, -0.2) is 33.2 Å². The average Bonchev–Trinajstić information content (AvgIpc) is 2.71. The third-order valence-electron chi connectivity index (χ3n) is 3.25. The Kier molecular flexibility index (Phi) is 3.51. The minimum atomic E-state index is -3.69. The van der Waals surface area contributed by atoms with Crippen LogP contribution in [0.2, 0.25) is 0 Å². The maximum absolute atomic E-state index is 11.9. The zero-order valence-electron chi connectivity index (χ0n) is 10.8. The third kappa shape index (κ3) is 2.71. The van der Waals surface area contributed by atoms with Crippen molar-refractivity contribution >= 4 is 21.6 Å². The molecule has 6 nitrogen and oxygen atoms in total. The normalized spacial score (nSPS) is 19.8. The highest BCUT2D eigenvalue weighted by atomic mass is 32.2. The van der Waals surface area contributed by atoms with Crippen molar-refractivity contribution in [2.45, 2.75) is 18.6 Å². The fourth-order valence-electron chi connectivity index (χ4n) is 2.19. The van der Waals surface area contributed by atoms with Crippen LogP contribution in [0.3, 0.4) is 0 Å². The van der Waals surface area contributed by atoms with E-state index in [2.05, 4.69) is 0 Å². The summed E-state index contributed by atoms with van der Waals surface area (Å²) in [6, 6.07) is 5.28. The summed E-state index contributed by atoms with van der Waals surface area (Å²) < 4.78 is 27.7. The van der Waals surface area contributed by atoms with Crippen molar-refractivity contribution in [1.29, 1.82) is 0 Å². The number of anilines is 1. The van der Waals surface area contributed by atoms with Crippen LogP contribution in [0.4, 0.5) is 5.69 Å². The van der Waals surface area contributed by atoms with Crippen molar-refractivity contribution in [3.63, 3.8) is 0 Å². The lowest BCUT2D eigenvalue weighted by Gasteiger charge is -2.19. The first-order chi connectivity index (χ1) is 8.82. The van der Waals surface area contributed by atoms with E-state index in [4.69, 9.17) is 9.88 Å². The highest BCUT2D eigenvalue weighted by Crippen LogP contribution is 2.29. The first kappa shape index (κ1) is 13.8. The largest absolute Gasteiger partial charge is 0.497 e. The van der Waals surface area contributed by atoms with Gasteiger partial charge in [0, 0.05) is 18.7 Å². The van der Waals surface area contributed by atoms with Gasteiger partial charge in [0.2, 0.25) is 15.9 Å². The summed E-state index contributed by atoms with van der Waals surface area (Å²) in [6.07, 6.45) is -0.0652. The number of hydrogen-bond acceptors (Lipinski definition) is 4. The molecule has 1 fully saturated rings. The minimum absolute atomic E-state index is 0.0652. The predicted octanol–water partition coefficient (Wildman–Crippen LogP) is 0.397. The van der Waals surface area contributed by atoms with Gasteiger partial charge in [-0.05, 0) is 30.7 Å². The number of nitrogens with two attached hydrogens (primary N) is 1. The van der Waals surface area contributed by atoms with E-state index in [1.54, 1.807) is 25.3 Å². The number of amides is 1. The SMILES string of the molecule is COc1ccc(N2CC(S(N)(=O)=O)CC2=O)c(C)c1. The van der Waals surface area contributed by atoms with Crippen LogP contribution in [0.1, 0.15) is 12.0 Å². The lowest BCUT2D eigenvalue weighted by molar-refractivity contribution is -0.117. The Balaban J connectivity index is 2.31. The molecule has 0 bridgehead atoms. The van der Waals surface area contributed by atoms with E-state index in [1.165, 1.54) is 4.90 Å². The molecule has 1 aromatic rings. The van der Waals surface area contributed by atoms with Gasteiger partial charge >= 0.3 is 0 Å². The van der Waals surface area contributed by atoms with Gasteiger partial charge in [0.25, 0.3) is 0 Å². The van der Waals surface area contributed by atoms with E-state index in [9.17, 15) is 13.2 Å². The lowest BCUT2D eigenvalue weighted by Crippen LogP contribution is -2.32. The minimum Gasteiger partial charge on any atom is -0.497 e. The number of methoxy groups -OCH3 is 1.